The molecule has 0 radical (unpaired) electrons. The van der Waals surface area contributed by atoms with Gasteiger partial charge in [0.1, 0.15) is 11.6 Å². The van der Waals surface area contributed by atoms with Crippen LogP contribution in [0.1, 0.15) is 5.69 Å². The van der Waals surface area contributed by atoms with E-state index in [1.165, 1.54) is 6.20 Å². The van der Waals surface area contributed by atoms with Gasteiger partial charge in [-0.2, -0.15) is 5.10 Å². The van der Waals surface area contributed by atoms with Crippen LogP contribution in [-0.4, -0.2) is 28.3 Å². The molecule has 5 nitrogen and oxygen atoms in total. The number of pyridine rings is 1. The number of hydrogen-bond donors (Lipinski definition) is 2. The largest absolute Gasteiger partial charge is 0.475 e. The zero-order chi connectivity index (χ0) is 12.8. The van der Waals surface area contributed by atoms with E-state index < -0.39 is 0 Å². The summed E-state index contributed by atoms with van der Waals surface area (Å²) in [5.74, 6) is 0.393. The molecular weight excluding hydrogens is 275 g/mol. The lowest BCUT2D eigenvalue weighted by Gasteiger charge is -2.07. The lowest BCUT2D eigenvalue weighted by Crippen LogP contribution is -2.21. The van der Waals surface area contributed by atoms with Crippen molar-refractivity contribution in [3.8, 4) is 5.88 Å². The third-order valence-electron chi connectivity index (χ3n) is 2.17. The third-order valence-corrected chi connectivity index (χ3v) is 2.64. The normalized spacial score (nSPS) is 10.6. The molecule has 0 aromatic carbocycles. The zero-order valence-electron chi connectivity index (χ0n) is 9.49. The molecule has 0 spiro atoms. The summed E-state index contributed by atoms with van der Waals surface area (Å²) >= 11 is 11.7. The van der Waals surface area contributed by atoms with Gasteiger partial charge in [0.2, 0.25) is 5.88 Å². The third kappa shape index (κ3) is 3.87. The Morgan fingerprint density at radius 3 is 3.00 bits per heavy atom. The Morgan fingerprint density at radius 2 is 2.28 bits per heavy atom. The van der Waals surface area contributed by atoms with Gasteiger partial charge in [-0.25, -0.2) is 4.98 Å². The molecule has 0 saturated carbocycles. The highest BCUT2D eigenvalue weighted by molar-refractivity contribution is 6.35. The predicted molar refractivity (Wildman–Crippen MR) is 70.0 cm³/mol. The quantitative estimate of drug-likeness (QED) is 0.800. The average molecular weight is 287 g/mol. The van der Waals surface area contributed by atoms with Gasteiger partial charge in [0.05, 0.1) is 5.02 Å². The van der Waals surface area contributed by atoms with Crippen LogP contribution in [0.4, 0.5) is 0 Å². The van der Waals surface area contributed by atoms with E-state index in [-0.39, 0.29) is 0 Å². The van der Waals surface area contributed by atoms with E-state index in [0.29, 0.717) is 35.6 Å². The standard InChI is InChI=1S/C11H12Cl2N4O/c12-8-5-10(13)11(15-6-8)18-4-3-14-7-9-1-2-16-17-9/h1-2,5-6,14H,3-4,7H2,(H,16,17). The average Bonchev–Trinajstić information content (AvgIpc) is 2.84. The van der Waals surface area contributed by atoms with Crippen LogP contribution >= 0.6 is 23.2 Å². The molecule has 0 bridgehead atoms. The Labute approximate surface area is 114 Å². The van der Waals surface area contributed by atoms with Gasteiger partial charge in [-0.1, -0.05) is 23.2 Å². The molecule has 0 atom stereocenters. The number of ether oxygens (including phenoxy) is 1. The number of aromatic nitrogens is 3. The van der Waals surface area contributed by atoms with Crippen molar-refractivity contribution < 1.29 is 4.74 Å². The van der Waals surface area contributed by atoms with Gasteiger partial charge >= 0.3 is 0 Å². The van der Waals surface area contributed by atoms with Crippen molar-refractivity contribution in [1.82, 2.24) is 20.5 Å². The maximum atomic E-state index is 5.92. The van der Waals surface area contributed by atoms with Gasteiger partial charge < -0.3 is 10.1 Å². The fourth-order valence-corrected chi connectivity index (χ4v) is 1.77. The second-order valence-corrected chi connectivity index (χ2v) is 4.39. The number of H-pyrrole nitrogens is 1. The minimum absolute atomic E-state index is 0.393. The lowest BCUT2D eigenvalue weighted by molar-refractivity contribution is 0.302. The summed E-state index contributed by atoms with van der Waals surface area (Å²) in [4.78, 5) is 4.00. The van der Waals surface area contributed by atoms with Crippen molar-refractivity contribution in [2.45, 2.75) is 6.54 Å². The van der Waals surface area contributed by atoms with E-state index in [9.17, 15) is 0 Å². The van der Waals surface area contributed by atoms with Crippen LogP contribution in [0, 0.1) is 0 Å². The van der Waals surface area contributed by atoms with Crippen molar-refractivity contribution in [3.63, 3.8) is 0 Å². The number of nitrogens with one attached hydrogen (secondary N) is 2. The highest BCUT2D eigenvalue weighted by Crippen LogP contribution is 2.24. The van der Waals surface area contributed by atoms with Crippen molar-refractivity contribution in [2.75, 3.05) is 13.2 Å². The van der Waals surface area contributed by atoms with E-state index in [0.717, 1.165) is 5.69 Å². The Morgan fingerprint density at radius 1 is 1.39 bits per heavy atom. The minimum atomic E-state index is 0.393. The Balaban J connectivity index is 1.69. The van der Waals surface area contributed by atoms with Crippen LogP contribution in [0.3, 0.4) is 0 Å². The Bertz CT molecular complexity index is 490. The highest BCUT2D eigenvalue weighted by Gasteiger charge is 2.03. The first-order chi connectivity index (χ1) is 8.75. The summed E-state index contributed by atoms with van der Waals surface area (Å²) in [5, 5.41) is 10.8. The fourth-order valence-electron chi connectivity index (χ4n) is 1.33. The van der Waals surface area contributed by atoms with Crippen LogP contribution < -0.4 is 10.1 Å². The molecule has 0 aliphatic rings. The highest BCUT2D eigenvalue weighted by atomic mass is 35.5. The summed E-state index contributed by atoms with van der Waals surface area (Å²) in [6, 6.07) is 3.51. The monoisotopic (exact) mass is 286 g/mol. The SMILES string of the molecule is Clc1cnc(OCCNCc2ccn[nH]2)c(Cl)c1. The summed E-state index contributed by atoms with van der Waals surface area (Å²) in [7, 11) is 0. The van der Waals surface area contributed by atoms with Gasteiger partial charge in [-0.3, -0.25) is 5.10 Å². The van der Waals surface area contributed by atoms with Crippen molar-refractivity contribution in [2.24, 2.45) is 0 Å². The van der Waals surface area contributed by atoms with E-state index in [4.69, 9.17) is 27.9 Å². The second kappa shape index (κ2) is 6.58. The summed E-state index contributed by atoms with van der Waals surface area (Å²) in [6.45, 7) is 1.87. The Hall–Kier alpha value is -1.30. The van der Waals surface area contributed by atoms with Gasteiger partial charge in [0.15, 0.2) is 0 Å². The minimum Gasteiger partial charge on any atom is -0.475 e. The Kier molecular flexibility index (Phi) is 4.81. The second-order valence-electron chi connectivity index (χ2n) is 3.55. The topological polar surface area (TPSA) is 62.8 Å². The number of rotatable bonds is 6. The molecule has 7 heteroatoms. The van der Waals surface area contributed by atoms with Crippen LogP contribution in [0.15, 0.2) is 24.5 Å². The van der Waals surface area contributed by atoms with Gasteiger partial charge in [-0.15, -0.1) is 0 Å². The van der Waals surface area contributed by atoms with Crippen molar-refractivity contribution in [3.05, 3.63) is 40.3 Å². The van der Waals surface area contributed by atoms with Crippen LogP contribution in [0.25, 0.3) is 0 Å². The molecule has 0 unspecified atom stereocenters. The van der Waals surface area contributed by atoms with Crippen LogP contribution in [0.5, 0.6) is 5.88 Å². The van der Waals surface area contributed by atoms with Crippen molar-refractivity contribution >= 4 is 23.2 Å². The van der Waals surface area contributed by atoms with E-state index in [1.807, 2.05) is 6.07 Å². The molecule has 2 rings (SSSR count). The summed E-state index contributed by atoms with van der Waals surface area (Å²) in [5.41, 5.74) is 1.03. The summed E-state index contributed by atoms with van der Waals surface area (Å²) < 4.78 is 5.42. The predicted octanol–water partition coefficient (Wildman–Crippen LogP) is 2.28. The maximum absolute atomic E-state index is 5.92. The number of hydrogen-bond acceptors (Lipinski definition) is 4. The molecule has 2 aromatic heterocycles. The number of aromatic amines is 1. The summed E-state index contributed by atoms with van der Waals surface area (Å²) in [6.07, 6.45) is 3.21. The molecule has 0 aliphatic carbocycles. The molecule has 18 heavy (non-hydrogen) atoms. The number of nitrogens with zero attached hydrogens (tertiary/aromatic N) is 2. The molecule has 96 valence electrons. The fraction of sp³-hybridized carbons (Fsp3) is 0.273. The van der Waals surface area contributed by atoms with E-state index >= 15 is 0 Å². The molecule has 0 saturated heterocycles. The molecule has 0 amide bonds. The first kappa shape index (κ1) is 13.1. The molecule has 2 heterocycles. The molecular formula is C11H12Cl2N4O. The smallest absolute Gasteiger partial charge is 0.232 e. The van der Waals surface area contributed by atoms with E-state index in [2.05, 4.69) is 20.5 Å². The van der Waals surface area contributed by atoms with E-state index in [1.54, 1.807) is 12.3 Å². The van der Waals surface area contributed by atoms with Crippen LogP contribution in [-0.2, 0) is 6.54 Å². The lowest BCUT2D eigenvalue weighted by atomic mass is 10.4. The van der Waals surface area contributed by atoms with Gasteiger partial charge in [0.25, 0.3) is 0 Å². The molecule has 2 aromatic rings. The first-order valence-corrected chi connectivity index (χ1v) is 6.14. The van der Waals surface area contributed by atoms with Gasteiger partial charge in [0, 0.05) is 31.2 Å². The molecule has 0 fully saturated rings. The van der Waals surface area contributed by atoms with Crippen molar-refractivity contribution in [1.29, 1.82) is 0 Å². The zero-order valence-corrected chi connectivity index (χ0v) is 11.0. The maximum Gasteiger partial charge on any atom is 0.232 e. The van der Waals surface area contributed by atoms with Crippen LogP contribution in [0.2, 0.25) is 10.0 Å². The molecule has 0 aliphatic heterocycles. The number of halogens is 2. The van der Waals surface area contributed by atoms with Gasteiger partial charge in [-0.05, 0) is 12.1 Å². The first-order valence-electron chi connectivity index (χ1n) is 5.38. The molecule has 2 N–H and O–H groups in total.